The van der Waals surface area contributed by atoms with E-state index in [9.17, 15) is 9.18 Å². The molecule has 11 heteroatoms. The molecule has 0 radical (unpaired) electrons. The monoisotopic (exact) mass is 542 g/mol. The van der Waals surface area contributed by atoms with Crippen molar-refractivity contribution in [1.29, 1.82) is 0 Å². The van der Waals surface area contributed by atoms with Gasteiger partial charge in [0.2, 0.25) is 5.91 Å². The van der Waals surface area contributed by atoms with Gasteiger partial charge in [-0.05, 0) is 55.7 Å². The molecule has 37 heavy (non-hydrogen) atoms. The van der Waals surface area contributed by atoms with E-state index in [2.05, 4.69) is 10.2 Å². The van der Waals surface area contributed by atoms with Crippen LogP contribution < -0.4 is 11.5 Å². The normalized spacial score (nSPS) is 15.1. The first-order valence-electron chi connectivity index (χ1n) is 12.0. The number of nitrogen functional groups attached to an aromatic ring is 1. The molecule has 0 aliphatic heterocycles. The number of imidazole rings is 1. The first-order chi connectivity index (χ1) is 17.7. The maximum atomic E-state index is 14.2. The Balaban J connectivity index is 1.89. The molecule has 2 aromatic carbocycles. The molecule has 192 valence electrons. The van der Waals surface area contributed by atoms with Crippen LogP contribution >= 0.6 is 23.2 Å². The molecule has 0 spiro atoms. The lowest BCUT2D eigenvalue weighted by Gasteiger charge is -2.25. The van der Waals surface area contributed by atoms with Gasteiger partial charge in [0.25, 0.3) is 5.89 Å². The van der Waals surface area contributed by atoms with Crippen LogP contribution in [0.2, 0.25) is 10.0 Å². The highest BCUT2D eigenvalue weighted by Gasteiger charge is 2.31. The highest BCUT2D eigenvalue weighted by Crippen LogP contribution is 2.43. The number of amides is 1. The Morgan fingerprint density at radius 3 is 2.54 bits per heavy atom. The van der Waals surface area contributed by atoms with Crippen LogP contribution in [0.5, 0.6) is 0 Å². The highest BCUT2D eigenvalue weighted by molar-refractivity contribution is 6.31. The second-order valence-corrected chi connectivity index (χ2v) is 10.1. The minimum Gasteiger partial charge on any atom is -0.402 e. The second-order valence-electron chi connectivity index (χ2n) is 9.24. The van der Waals surface area contributed by atoms with Crippen LogP contribution in [0.1, 0.15) is 62.3 Å². The lowest BCUT2D eigenvalue weighted by atomic mass is 9.88. The van der Waals surface area contributed by atoms with Crippen molar-refractivity contribution < 1.29 is 13.6 Å². The molecular formula is C26H25Cl2FN6O2. The fourth-order valence-electron chi connectivity index (χ4n) is 4.93. The van der Waals surface area contributed by atoms with Gasteiger partial charge in [-0.2, -0.15) is 0 Å². The Morgan fingerprint density at radius 1 is 1.14 bits per heavy atom. The van der Waals surface area contributed by atoms with Crippen LogP contribution in [-0.4, -0.2) is 25.7 Å². The number of carbonyl (C=O) groups excluding carboxylic acids is 1. The average molecular weight is 543 g/mol. The van der Waals surface area contributed by atoms with Crippen LogP contribution in [0.15, 0.2) is 40.8 Å². The van der Waals surface area contributed by atoms with Crippen LogP contribution in [-0.2, 0) is 4.79 Å². The van der Waals surface area contributed by atoms with E-state index >= 15 is 0 Å². The number of aromatic nitrogens is 4. The van der Waals surface area contributed by atoms with E-state index in [1.165, 1.54) is 12.1 Å². The van der Waals surface area contributed by atoms with Gasteiger partial charge >= 0.3 is 6.01 Å². The van der Waals surface area contributed by atoms with E-state index < -0.39 is 17.6 Å². The summed E-state index contributed by atoms with van der Waals surface area (Å²) in [6.07, 6.45) is 5.10. The molecule has 0 saturated heterocycles. The summed E-state index contributed by atoms with van der Waals surface area (Å²) in [7, 11) is 0. The molecule has 4 N–H and O–H groups in total. The Morgan fingerprint density at radius 2 is 1.89 bits per heavy atom. The zero-order valence-corrected chi connectivity index (χ0v) is 21.6. The summed E-state index contributed by atoms with van der Waals surface area (Å²) in [6.45, 7) is 1.74. The Labute approximate surface area is 222 Å². The molecule has 8 nitrogen and oxygen atoms in total. The third kappa shape index (κ3) is 4.81. The average Bonchev–Trinajstić information content (AvgIpc) is 3.49. The Hall–Kier alpha value is -3.43. The molecule has 4 aromatic rings. The summed E-state index contributed by atoms with van der Waals surface area (Å²) in [5, 5.41) is 8.30. The predicted octanol–water partition coefficient (Wildman–Crippen LogP) is 6.25. The summed E-state index contributed by atoms with van der Waals surface area (Å²) >= 11 is 12.7. The summed E-state index contributed by atoms with van der Waals surface area (Å²) in [6, 6.07) is 9.55. The van der Waals surface area contributed by atoms with Gasteiger partial charge in [0.1, 0.15) is 11.6 Å². The van der Waals surface area contributed by atoms with Crippen molar-refractivity contribution >= 4 is 35.1 Å². The number of halogens is 3. The number of benzene rings is 2. The van der Waals surface area contributed by atoms with E-state index in [1.54, 1.807) is 31.2 Å². The molecule has 1 aliphatic carbocycles. The van der Waals surface area contributed by atoms with Crippen molar-refractivity contribution in [3.8, 4) is 28.5 Å². The number of rotatable bonds is 6. The minimum atomic E-state index is -0.624. The van der Waals surface area contributed by atoms with Crippen LogP contribution in [0, 0.1) is 5.82 Å². The molecule has 1 saturated carbocycles. The zero-order valence-electron chi connectivity index (χ0n) is 20.0. The topological polar surface area (TPSA) is 126 Å². The molecule has 1 amide bonds. The van der Waals surface area contributed by atoms with Crippen LogP contribution in [0.4, 0.5) is 10.4 Å². The highest BCUT2D eigenvalue weighted by atomic mass is 35.5. The number of anilines is 1. The minimum absolute atomic E-state index is 0.0581. The van der Waals surface area contributed by atoms with Crippen molar-refractivity contribution in [3.63, 3.8) is 0 Å². The van der Waals surface area contributed by atoms with Crippen molar-refractivity contribution in [1.82, 2.24) is 19.7 Å². The molecule has 0 bridgehead atoms. The predicted molar refractivity (Wildman–Crippen MR) is 140 cm³/mol. The quantitative estimate of drug-likeness (QED) is 0.296. The molecule has 2 aromatic heterocycles. The fraction of sp³-hybridized carbons (Fsp3) is 0.308. The summed E-state index contributed by atoms with van der Waals surface area (Å²) in [5.74, 6) is -0.718. The third-order valence-corrected chi connectivity index (χ3v) is 7.36. The maximum absolute atomic E-state index is 14.2. The van der Waals surface area contributed by atoms with Gasteiger partial charge < -0.3 is 15.9 Å². The fourth-order valence-corrected chi connectivity index (χ4v) is 5.28. The molecule has 1 fully saturated rings. The van der Waals surface area contributed by atoms with Crippen LogP contribution in [0.25, 0.3) is 28.5 Å². The first kappa shape index (κ1) is 25.2. The van der Waals surface area contributed by atoms with Gasteiger partial charge in [0, 0.05) is 16.5 Å². The maximum Gasteiger partial charge on any atom is 0.313 e. The molecule has 2 heterocycles. The largest absolute Gasteiger partial charge is 0.402 e. The van der Waals surface area contributed by atoms with Gasteiger partial charge in [-0.3, -0.25) is 9.36 Å². The van der Waals surface area contributed by atoms with Gasteiger partial charge in [-0.15, -0.1) is 5.10 Å². The summed E-state index contributed by atoms with van der Waals surface area (Å²) in [5.41, 5.74) is 14.2. The molecular weight excluding hydrogens is 518 g/mol. The third-order valence-electron chi connectivity index (χ3n) is 6.84. The van der Waals surface area contributed by atoms with E-state index in [0.29, 0.717) is 33.2 Å². The van der Waals surface area contributed by atoms with Gasteiger partial charge in [-0.1, -0.05) is 53.6 Å². The number of nitrogens with two attached hydrogens (primary N) is 2. The summed E-state index contributed by atoms with van der Waals surface area (Å²) < 4.78 is 21.7. The Kier molecular flexibility index (Phi) is 6.92. The lowest BCUT2D eigenvalue weighted by Crippen LogP contribution is -2.21. The number of nitrogens with zero attached hydrogens (tertiary/aromatic N) is 4. The van der Waals surface area contributed by atoms with Gasteiger partial charge in [0.15, 0.2) is 5.69 Å². The molecule has 1 aliphatic rings. The van der Waals surface area contributed by atoms with E-state index in [1.807, 2.05) is 4.57 Å². The SMILES string of the molecule is CC(C(N)=O)c1ccc(Cl)cc1-n1c(C2CCCCC2)nc(-c2nnc(N)o2)c1-c1ccc(F)c(Cl)c1. The summed E-state index contributed by atoms with van der Waals surface area (Å²) in [4.78, 5) is 17.3. The molecule has 1 unspecified atom stereocenters. The number of carbonyl (C=O) groups is 1. The van der Waals surface area contributed by atoms with Crippen LogP contribution in [0.3, 0.4) is 0 Å². The van der Waals surface area contributed by atoms with Crippen molar-refractivity contribution in [2.45, 2.75) is 50.9 Å². The zero-order chi connectivity index (χ0) is 26.3. The number of primary amides is 1. The van der Waals surface area contributed by atoms with Crippen molar-refractivity contribution in [2.24, 2.45) is 5.73 Å². The van der Waals surface area contributed by atoms with E-state index in [4.69, 9.17) is 44.1 Å². The molecule has 1 atom stereocenters. The first-order valence-corrected chi connectivity index (χ1v) is 12.8. The van der Waals surface area contributed by atoms with Gasteiger partial charge in [-0.25, -0.2) is 9.37 Å². The van der Waals surface area contributed by atoms with Crippen molar-refractivity contribution in [2.75, 3.05) is 5.73 Å². The van der Waals surface area contributed by atoms with E-state index in [0.717, 1.165) is 37.9 Å². The second kappa shape index (κ2) is 10.1. The number of hydrogen-bond acceptors (Lipinski definition) is 6. The molecule has 5 rings (SSSR count). The standard InChI is InChI=1S/C26H25Cl2FN6O2/c1-13(23(30)36)17-9-8-16(27)12-20(17)35-22(15-7-10-19(29)18(28)11-15)21(25-33-34-26(31)37-25)32-24(35)14-5-3-2-4-6-14/h7-14H,2-6H2,1H3,(H2,30,36)(H2,31,34). The smallest absolute Gasteiger partial charge is 0.313 e. The van der Waals surface area contributed by atoms with Gasteiger partial charge in [0.05, 0.1) is 22.3 Å². The van der Waals surface area contributed by atoms with Crippen molar-refractivity contribution in [3.05, 3.63) is 63.6 Å². The number of hydrogen-bond donors (Lipinski definition) is 2. The van der Waals surface area contributed by atoms with E-state index in [-0.39, 0.29) is 22.8 Å². The Bertz CT molecular complexity index is 1480. The lowest BCUT2D eigenvalue weighted by molar-refractivity contribution is -0.119.